The molecule has 1 amide bonds. The summed E-state index contributed by atoms with van der Waals surface area (Å²) in [6.07, 6.45) is 0. The summed E-state index contributed by atoms with van der Waals surface area (Å²) >= 11 is 1.35. The number of nitriles is 1. The van der Waals surface area contributed by atoms with Gasteiger partial charge in [-0.15, -0.1) is 11.3 Å². The molecule has 0 saturated carbocycles. The van der Waals surface area contributed by atoms with E-state index in [1.54, 1.807) is 19.1 Å². The molecule has 5 nitrogen and oxygen atoms in total. The van der Waals surface area contributed by atoms with Gasteiger partial charge in [-0.3, -0.25) is 4.79 Å². The van der Waals surface area contributed by atoms with Gasteiger partial charge in [0, 0.05) is 10.9 Å². The van der Waals surface area contributed by atoms with Crippen molar-refractivity contribution in [1.29, 1.82) is 5.26 Å². The molecule has 1 aromatic carbocycles. The van der Waals surface area contributed by atoms with Gasteiger partial charge in [0.25, 0.3) is 5.91 Å². The molecule has 22 heavy (non-hydrogen) atoms. The van der Waals surface area contributed by atoms with Crippen LogP contribution in [0, 0.1) is 18.3 Å². The van der Waals surface area contributed by atoms with E-state index in [1.807, 2.05) is 30.3 Å². The number of aryl methyl sites for hydroxylation is 1. The number of nitrogens with one attached hydrogen (secondary N) is 1. The topological polar surface area (TPSA) is 78.9 Å². The molecule has 108 valence electrons. The molecule has 0 atom stereocenters. The lowest BCUT2D eigenvalue weighted by molar-refractivity contribution is 0.0988. The normalized spacial score (nSPS) is 10.2. The van der Waals surface area contributed by atoms with Gasteiger partial charge in [-0.25, -0.2) is 0 Å². The number of aromatic nitrogens is 1. The van der Waals surface area contributed by atoms with Crippen molar-refractivity contribution in [3.05, 3.63) is 59.5 Å². The van der Waals surface area contributed by atoms with Crippen LogP contribution in [-0.2, 0) is 0 Å². The highest BCUT2D eigenvalue weighted by Gasteiger charge is 2.16. The largest absolute Gasteiger partial charge is 0.351 e. The molecule has 0 fully saturated rings. The van der Waals surface area contributed by atoms with Crippen LogP contribution in [0.4, 0.5) is 5.00 Å². The van der Waals surface area contributed by atoms with Crippen molar-refractivity contribution in [2.24, 2.45) is 0 Å². The highest BCUT2D eigenvalue weighted by molar-refractivity contribution is 7.19. The van der Waals surface area contributed by atoms with Gasteiger partial charge >= 0.3 is 0 Å². The van der Waals surface area contributed by atoms with E-state index in [-0.39, 0.29) is 5.76 Å². The van der Waals surface area contributed by atoms with Crippen LogP contribution < -0.4 is 5.32 Å². The fourth-order valence-electron chi connectivity index (χ4n) is 1.95. The summed E-state index contributed by atoms with van der Waals surface area (Å²) < 4.78 is 4.92. The van der Waals surface area contributed by atoms with Gasteiger partial charge in [-0.05, 0) is 18.6 Å². The summed E-state index contributed by atoms with van der Waals surface area (Å²) in [6.45, 7) is 1.74. The Kier molecular flexibility index (Phi) is 3.73. The first-order valence-corrected chi connectivity index (χ1v) is 7.33. The van der Waals surface area contributed by atoms with Gasteiger partial charge < -0.3 is 9.84 Å². The first-order chi connectivity index (χ1) is 10.7. The van der Waals surface area contributed by atoms with E-state index in [9.17, 15) is 10.1 Å². The van der Waals surface area contributed by atoms with E-state index in [1.165, 1.54) is 11.3 Å². The maximum absolute atomic E-state index is 12.1. The zero-order valence-corrected chi connectivity index (χ0v) is 12.5. The van der Waals surface area contributed by atoms with Gasteiger partial charge in [0.1, 0.15) is 11.1 Å². The number of carbonyl (C=O) groups is 1. The lowest BCUT2D eigenvalue weighted by Gasteiger charge is -1.99. The summed E-state index contributed by atoms with van der Waals surface area (Å²) in [4.78, 5) is 13.0. The molecule has 2 aromatic heterocycles. The van der Waals surface area contributed by atoms with E-state index < -0.39 is 5.91 Å². The number of thiophene rings is 1. The molecule has 0 aliphatic carbocycles. The smallest absolute Gasteiger partial charge is 0.294 e. The summed E-state index contributed by atoms with van der Waals surface area (Å²) in [5, 5.41) is 16.1. The molecule has 3 rings (SSSR count). The molecule has 0 bridgehead atoms. The molecule has 0 radical (unpaired) electrons. The average Bonchev–Trinajstić information content (AvgIpc) is 3.14. The van der Waals surface area contributed by atoms with E-state index in [0.717, 1.165) is 10.4 Å². The predicted molar refractivity (Wildman–Crippen MR) is 83.7 cm³/mol. The van der Waals surface area contributed by atoms with Gasteiger partial charge in [0.15, 0.2) is 0 Å². The lowest BCUT2D eigenvalue weighted by atomic mass is 10.2. The fraction of sp³-hybridized carbons (Fsp3) is 0.0625. The van der Waals surface area contributed by atoms with Crippen LogP contribution in [-0.4, -0.2) is 11.1 Å². The van der Waals surface area contributed by atoms with E-state index >= 15 is 0 Å². The highest BCUT2D eigenvalue weighted by Crippen LogP contribution is 2.35. The molecule has 0 unspecified atom stereocenters. The van der Waals surface area contributed by atoms with Crippen LogP contribution in [0.2, 0.25) is 0 Å². The minimum Gasteiger partial charge on any atom is -0.351 e. The van der Waals surface area contributed by atoms with Crippen molar-refractivity contribution in [3.63, 3.8) is 0 Å². The van der Waals surface area contributed by atoms with Crippen LogP contribution >= 0.6 is 11.3 Å². The van der Waals surface area contributed by atoms with Crippen LogP contribution in [0.3, 0.4) is 0 Å². The zero-order valence-electron chi connectivity index (χ0n) is 11.7. The Morgan fingerprint density at radius 2 is 2.09 bits per heavy atom. The van der Waals surface area contributed by atoms with Crippen molar-refractivity contribution in [2.75, 3.05) is 5.32 Å². The second-order valence-electron chi connectivity index (χ2n) is 4.62. The van der Waals surface area contributed by atoms with Gasteiger partial charge in [-0.1, -0.05) is 35.5 Å². The van der Waals surface area contributed by atoms with Crippen molar-refractivity contribution in [2.45, 2.75) is 6.92 Å². The molecule has 0 spiro atoms. The third kappa shape index (κ3) is 2.75. The second kappa shape index (κ2) is 5.84. The maximum Gasteiger partial charge on any atom is 0.294 e. The van der Waals surface area contributed by atoms with E-state index in [4.69, 9.17) is 4.52 Å². The quantitative estimate of drug-likeness (QED) is 0.797. The fourth-order valence-corrected chi connectivity index (χ4v) is 2.96. The minimum absolute atomic E-state index is 0.121. The van der Waals surface area contributed by atoms with Crippen LogP contribution in [0.5, 0.6) is 0 Å². The first kappa shape index (κ1) is 14.0. The highest BCUT2D eigenvalue weighted by atomic mass is 32.1. The maximum atomic E-state index is 12.1. The zero-order chi connectivity index (χ0) is 15.5. The number of hydrogen-bond donors (Lipinski definition) is 1. The molecule has 6 heteroatoms. The van der Waals surface area contributed by atoms with Crippen molar-refractivity contribution >= 4 is 22.2 Å². The number of nitrogens with zero attached hydrogens (tertiary/aromatic N) is 2. The summed E-state index contributed by atoms with van der Waals surface area (Å²) in [6, 6.07) is 15.1. The third-order valence-electron chi connectivity index (χ3n) is 2.99. The van der Waals surface area contributed by atoms with Crippen molar-refractivity contribution < 1.29 is 9.32 Å². The van der Waals surface area contributed by atoms with Crippen LogP contribution in [0.25, 0.3) is 10.4 Å². The lowest BCUT2D eigenvalue weighted by Crippen LogP contribution is -2.10. The molecule has 2 heterocycles. The number of anilines is 1. The monoisotopic (exact) mass is 309 g/mol. The minimum atomic E-state index is -0.418. The summed E-state index contributed by atoms with van der Waals surface area (Å²) in [5.41, 5.74) is 2.05. The Balaban J connectivity index is 1.89. The van der Waals surface area contributed by atoms with Gasteiger partial charge in [-0.2, -0.15) is 5.26 Å². The number of hydrogen-bond acceptors (Lipinski definition) is 5. The summed E-state index contributed by atoms with van der Waals surface area (Å²) in [7, 11) is 0. The predicted octanol–water partition coefficient (Wildman–Crippen LogP) is 3.84. The standard InChI is InChI=1S/C16H11N3O2S/c1-10-7-13(21-19-10)15(20)18-16-12(9-17)8-14(22-16)11-5-3-2-4-6-11/h2-8H,1H3,(H,18,20). The van der Waals surface area contributed by atoms with Crippen molar-refractivity contribution in [3.8, 4) is 16.5 Å². The SMILES string of the molecule is Cc1cc(C(=O)Nc2sc(-c3ccccc3)cc2C#N)on1. The molecule has 3 aromatic rings. The van der Waals surface area contributed by atoms with Crippen LogP contribution in [0.15, 0.2) is 47.0 Å². The van der Waals surface area contributed by atoms with Gasteiger partial charge in [0.05, 0.1) is 11.3 Å². The Morgan fingerprint density at radius 3 is 2.73 bits per heavy atom. The molecule has 0 saturated heterocycles. The number of carbonyl (C=O) groups excluding carboxylic acids is 1. The molecule has 1 N–H and O–H groups in total. The molecular weight excluding hydrogens is 298 g/mol. The van der Waals surface area contributed by atoms with Gasteiger partial charge in [0.2, 0.25) is 5.76 Å². The number of benzene rings is 1. The van der Waals surface area contributed by atoms with Crippen molar-refractivity contribution in [1.82, 2.24) is 5.16 Å². The Bertz CT molecular complexity index is 859. The second-order valence-corrected chi connectivity index (χ2v) is 5.67. The van der Waals surface area contributed by atoms with E-state index in [0.29, 0.717) is 16.3 Å². The number of amides is 1. The molecule has 0 aliphatic heterocycles. The van der Waals surface area contributed by atoms with Crippen LogP contribution in [0.1, 0.15) is 21.8 Å². The third-order valence-corrected chi connectivity index (χ3v) is 4.09. The molecule has 0 aliphatic rings. The Labute approximate surface area is 130 Å². The summed E-state index contributed by atoms with van der Waals surface area (Å²) in [5.74, 6) is -0.297. The number of rotatable bonds is 3. The van der Waals surface area contributed by atoms with E-state index in [2.05, 4.69) is 16.5 Å². The average molecular weight is 309 g/mol. The Morgan fingerprint density at radius 1 is 1.32 bits per heavy atom. The first-order valence-electron chi connectivity index (χ1n) is 6.51. The molecular formula is C16H11N3O2S. The Hall–Kier alpha value is -2.91.